The molecule has 1 N–H and O–H groups in total. The molecule has 18 heavy (non-hydrogen) atoms. The summed E-state index contributed by atoms with van der Waals surface area (Å²) in [4.78, 5) is 11.8. The minimum absolute atomic E-state index is 0.133. The maximum Gasteiger partial charge on any atom is 0.407 e. The molecule has 1 aromatic carbocycles. The minimum atomic E-state index is -0.263. The number of rotatable bonds is 3. The summed E-state index contributed by atoms with van der Waals surface area (Å²) in [6, 6.07) is 9.91. The maximum absolute atomic E-state index is 11.8. The van der Waals surface area contributed by atoms with Crippen molar-refractivity contribution in [2.75, 3.05) is 0 Å². The summed E-state index contributed by atoms with van der Waals surface area (Å²) >= 11 is 0. The number of alkyl carbamates (subject to hydrolysis) is 1. The van der Waals surface area contributed by atoms with E-state index in [1.165, 1.54) is 12.8 Å². The van der Waals surface area contributed by atoms with Crippen LogP contribution in [0.15, 0.2) is 30.3 Å². The second-order valence-electron chi connectivity index (χ2n) is 5.56. The molecule has 0 aliphatic heterocycles. The molecule has 0 aromatic heterocycles. The van der Waals surface area contributed by atoms with E-state index in [0.29, 0.717) is 6.54 Å². The van der Waals surface area contributed by atoms with E-state index in [2.05, 4.69) is 5.32 Å². The number of ether oxygens (including phenoxy) is 1. The lowest BCUT2D eigenvalue weighted by Gasteiger charge is -2.26. The fourth-order valence-electron chi connectivity index (χ4n) is 3.28. The van der Waals surface area contributed by atoms with Gasteiger partial charge in [0.05, 0.1) is 0 Å². The predicted octanol–water partition coefficient (Wildman–Crippen LogP) is 3.25. The molecule has 2 aliphatic carbocycles. The molecule has 0 atom stereocenters. The van der Waals surface area contributed by atoms with E-state index >= 15 is 0 Å². The normalized spacial score (nSPS) is 29.2. The Morgan fingerprint density at radius 1 is 1.28 bits per heavy atom. The maximum atomic E-state index is 11.8. The molecule has 1 aromatic rings. The van der Waals surface area contributed by atoms with Crippen LogP contribution in [0.25, 0.3) is 0 Å². The van der Waals surface area contributed by atoms with Gasteiger partial charge in [-0.15, -0.1) is 0 Å². The van der Waals surface area contributed by atoms with Gasteiger partial charge >= 0.3 is 6.09 Å². The van der Waals surface area contributed by atoms with Crippen LogP contribution < -0.4 is 5.32 Å². The summed E-state index contributed by atoms with van der Waals surface area (Å²) in [7, 11) is 0. The summed E-state index contributed by atoms with van der Waals surface area (Å²) in [5, 5.41) is 2.84. The van der Waals surface area contributed by atoms with E-state index in [0.717, 1.165) is 30.7 Å². The average molecular weight is 245 g/mol. The molecule has 2 fully saturated rings. The van der Waals surface area contributed by atoms with Gasteiger partial charge in [-0.05, 0) is 43.6 Å². The highest BCUT2D eigenvalue weighted by atomic mass is 16.6. The van der Waals surface area contributed by atoms with Crippen LogP contribution in [0.4, 0.5) is 4.79 Å². The molecule has 3 rings (SSSR count). The van der Waals surface area contributed by atoms with Gasteiger partial charge in [0, 0.05) is 6.54 Å². The summed E-state index contributed by atoms with van der Waals surface area (Å²) in [5.74, 6) is 0.798. The molecule has 2 saturated carbocycles. The third-order valence-corrected chi connectivity index (χ3v) is 4.27. The molecule has 0 unspecified atom stereocenters. The molecular weight excluding hydrogens is 226 g/mol. The number of hydrogen-bond acceptors (Lipinski definition) is 2. The molecule has 1 amide bonds. The molecule has 3 nitrogen and oxygen atoms in total. The molecule has 0 radical (unpaired) electrons. The Morgan fingerprint density at radius 3 is 2.61 bits per heavy atom. The molecule has 3 heteroatoms. The van der Waals surface area contributed by atoms with Gasteiger partial charge in [-0.2, -0.15) is 0 Å². The molecule has 96 valence electrons. The summed E-state index contributed by atoms with van der Waals surface area (Å²) in [6.45, 7) is 0.541. The van der Waals surface area contributed by atoms with Gasteiger partial charge in [-0.3, -0.25) is 0 Å². The van der Waals surface area contributed by atoms with E-state index in [9.17, 15) is 4.79 Å². The lowest BCUT2D eigenvalue weighted by Crippen LogP contribution is -2.35. The van der Waals surface area contributed by atoms with Crippen molar-refractivity contribution in [2.24, 2.45) is 5.92 Å². The first-order valence-corrected chi connectivity index (χ1v) is 6.77. The zero-order valence-corrected chi connectivity index (χ0v) is 10.5. The van der Waals surface area contributed by atoms with Crippen LogP contribution in [-0.2, 0) is 11.3 Å². The Balaban J connectivity index is 1.50. The summed E-state index contributed by atoms with van der Waals surface area (Å²) < 4.78 is 5.66. The van der Waals surface area contributed by atoms with Gasteiger partial charge in [0.1, 0.15) is 5.60 Å². The average Bonchev–Trinajstić information content (AvgIpc) is 2.97. The van der Waals surface area contributed by atoms with Crippen LogP contribution in [0.2, 0.25) is 0 Å². The lowest BCUT2D eigenvalue weighted by atomic mass is 9.97. The van der Waals surface area contributed by atoms with Gasteiger partial charge in [-0.25, -0.2) is 4.79 Å². The van der Waals surface area contributed by atoms with Crippen LogP contribution in [-0.4, -0.2) is 11.7 Å². The topological polar surface area (TPSA) is 38.3 Å². The van der Waals surface area contributed by atoms with Gasteiger partial charge in [0.2, 0.25) is 0 Å². The monoisotopic (exact) mass is 245 g/mol. The molecule has 0 heterocycles. The minimum Gasteiger partial charge on any atom is -0.443 e. The Hall–Kier alpha value is -1.51. The van der Waals surface area contributed by atoms with Crippen LogP contribution in [0.3, 0.4) is 0 Å². The third kappa shape index (κ3) is 2.35. The number of nitrogens with one attached hydrogen (secondary N) is 1. The molecule has 2 bridgehead atoms. The Morgan fingerprint density at radius 2 is 2.00 bits per heavy atom. The molecule has 2 aliphatic rings. The molecule has 0 spiro atoms. The van der Waals surface area contributed by atoms with Crippen LogP contribution in [0, 0.1) is 5.92 Å². The molecule has 0 saturated heterocycles. The fraction of sp³-hybridized carbons (Fsp3) is 0.533. The van der Waals surface area contributed by atoms with Crippen LogP contribution in [0.5, 0.6) is 0 Å². The first-order valence-electron chi connectivity index (χ1n) is 6.77. The van der Waals surface area contributed by atoms with Crippen molar-refractivity contribution < 1.29 is 9.53 Å². The summed E-state index contributed by atoms with van der Waals surface area (Å²) in [5.41, 5.74) is 0.966. The Bertz CT molecular complexity index is 421. The quantitative estimate of drug-likeness (QED) is 0.887. The standard InChI is InChI=1S/C15H19NO2/c17-14(16-11-13-4-2-1-3-5-13)18-15-8-6-12(10-15)7-9-15/h1-5,12H,6-11H2,(H,16,17). The van der Waals surface area contributed by atoms with Crippen molar-refractivity contribution >= 4 is 6.09 Å². The fourth-order valence-corrected chi connectivity index (χ4v) is 3.28. The van der Waals surface area contributed by atoms with E-state index in [1.54, 1.807) is 0 Å². The highest BCUT2D eigenvalue weighted by Crippen LogP contribution is 2.49. The van der Waals surface area contributed by atoms with Gasteiger partial charge in [0.15, 0.2) is 0 Å². The van der Waals surface area contributed by atoms with E-state index in [-0.39, 0.29) is 11.7 Å². The van der Waals surface area contributed by atoms with Gasteiger partial charge in [0.25, 0.3) is 0 Å². The first kappa shape index (κ1) is 11.6. The summed E-state index contributed by atoms with van der Waals surface area (Å²) in [6.07, 6.45) is 5.37. The van der Waals surface area contributed by atoms with Crippen molar-refractivity contribution in [1.82, 2.24) is 5.32 Å². The van der Waals surface area contributed by atoms with Gasteiger partial charge in [-0.1, -0.05) is 30.3 Å². The van der Waals surface area contributed by atoms with Crippen molar-refractivity contribution in [1.29, 1.82) is 0 Å². The van der Waals surface area contributed by atoms with Crippen molar-refractivity contribution in [3.63, 3.8) is 0 Å². The zero-order valence-electron chi connectivity index (χ0n) is 10.5. The number of carbonyl (C=O) groups is 1. The lowest BCUT2D eigenvalue weighted by molar-refractivity contribution is 0.0189. The van der Waals surface area contributed by atoms with Crippen molar-refractivity contribution in [3.05, 3.63) is 35.9 Å². The first-order chi connectivity index (χ1) is 8.76. The zero-order chi connectivity index (χ0) is 12.4. The Labute approximate surface area is 108 Å². The molecular formula is C15H19NO2. The predicted molar refractivity (Wildman–Crippen MR) is 69.1 cm³/mol. The van der Waals surface area contributed by atoms with Crippen LogP contribution >= 0.6 is 0 Å². The number of hydrogen-bond donors (Lipinski definition) is 1. The second-order valence-corrected chi connectivity index (χ2v) is 5.56. The van der Waals surface area contributed by atoms with Crippen LogP contribution in [0.1, 0.15) is 37.7 Å². The Kier molecular flexibility index (Phi) is 2.98. The highest BCUT2D eigenvalue weighted by molar-refractivity contribution is 5.67. The van der Waals surface area contributed by atoms with E-state index in [1.807, 2.05) is 30.3 Å². The van der Waals surface area contributed by atoms with Gasteiger partial charge < -0.3 is 10.1 Å². The second kappa shape index (κ2) is 4.63. The number of fused-ring (bicyclic) bond motifs is 2. The van der Waals surface area contributed by atoms with Crippen molar-refractivity contribution in [2.45, 2.75) is 44.2 Å². The number of amides is 1. The smallest absolute Gasteiger partial charge is 0.407 e. The van der Waals surface area contributed by atoms with E-state index in [4.69, 9.17) is 4.74 Å². The SMILES string of the molecule is O=C(NCc1ccccc1)OC12CCC(CC1)C2. The number of benzene rings is 1. The highest BCUT2D eigenvalue weighted by Gasteiger charge is 2.47. The largest absolute Gasteiger partial charge is 0.443 e. The van der Waals surface area contributed by atoms with E-state index < -0.39 is 0 Å². The third-order valence-electron chi connectivity index (χ3n) is 4.27. The van der Waals surface area contributed by atoms with Crippen molar-refractivity contribution in [3.8, 4) is 0 Å². The number of carbonyl (C=O) groups excluding carboxylic acids is 1.